The number of nitrogens with zero attached hydrogens (tertiary/aromatic N) is 2. The number of nitrogens with one attached hydrogen (secondary N) is 1. The number of hydrogen-bond donors (Lipinski definition) is 1. The fraction of sp³-hybridized carbons (Fsp3) is 0.219. The second kappa shape index (κ2) is 17.1. The molecule has 0 aliphatic heterocycles. The third-order valence-corrected chi connectivity index (χ3v) is 5.17. The van der Waals surface area contributed by atoms with Crippen LogP contribution in [0.2, 0.25) is 0 Å². The molecule has 198 valence electrons. The van der Waals surface area contributed by atoms with Crippen LogP contribution in [0.25, 0.3) is 28.6 Å². The Hall–Kier alpha value is -4.45. The van der Waals surface area contributed by atoms with E-state index in [4.69, 9.17) is 9.53 Å². The molecule has 4 aromatic rings. The highest BCUT2D eigenvalue weighted by molar-refractivity contribution is 5.70. The lowest BCUT2D eigenvalue weighted by molar-refractivity contribution is -0.126. The number of rotatable bonds is 9. The minimum absolute atomic E-state index is 0.375. The molecule has 1 heterocycles. The van der Waals surface area contributed by atoms with Crippen molar-refractivity contribution in [3.63, 3.8) is 0 Å². The summed E-state index contributed by atoms with van der Waals surface area (Å²) in [6.45, 7) is 9.95. The van der Waals surface area contributed by atoms with Crippen molar-refractivity contribution in [2.45, 2.75) is 34.3 Å². The SMILES string of the molecule is CC.CCN/C=C/c1cccc(-c2ccc(-c3ncc(OCc4cccc(C)c4)cn3)cc2)c1.COC=O. The largest absolute Gasteiger partial charge is 0.486 e. The lowest BCUT2D eigenvalue weighted by Crippen LogP contribution is -2.00. The molecule has 0 saturated carbocycles. The van der Waals surface area contributed by atoms with Crippen molar-refractivity contribution < 1.29 is 14.3 Å². The van der Waals surface area contributed by atoms with E-state index in [9.17, 15) is 0 Å². The topological polar surface area (TPSA) is 73.3 Å². The highest BCUT2D eigenvalue weighted by Gasteiger charge is 2.05. The first-order valence-corrected chi connectivity index (χ1v) is 12.7. The van der Waals surface area contributed by atoms with Gasteiger partial charge in [-0.3, -0.25) is 4.79 Å². The summed E-state index contributed by atoms with van der Waals surface area (Å²) in [6.07, 6.45) is 7.52. The van der Waals surface area contributed by atoms with Crippen LogP contribution in [0.3, 0.4) is 0 Å². The van der Waals surface area contributed by atoms with Gasteiger partial charge in [0.15, 0.2) is 11.6 Å². The molecule has 0 aliphatic rings. The maximum atomic E-state index is 8.95. The first kappa shape index (κ1) is 29.8. The van der Waals surface area contributed by atoms with Crippen LogP contribution in [0.1, 0.15) is 37.5 Å². The minimum Gasteiger partial charge on any atom is -0.486 e. The van der Waals surface area contributed by atoms with Gasteiger partial charge in [-0.15, -0.1) is 0 Å². The third-order valence-electron chi connectivity index (χ3n) is 5.17. The number of ether oxygens (including phenoxy) is 2. The Morgan fingerprint density at radius 2 is 1.53 bits per heavy atom. The van der Waals surface area contributed by atoms with Gasteiger partial charge >= 0.3 is 0 Å². The average molecular weight is 512 g/mol. The molecule has 0 radical (unpaired) electrons. The van der Waals surface area contributed by atoms with Gasteiger partial charge < -0.3 is 14.8 Å². The van der Waals surface area contributed by atoms with E-state index >= 15 is 0 Å². The van der Waals surface area contributed by atoms with Crippen molar-refractivity contribution in [1.29, 1.82) is 0 Å². The maximum absolute atomic E-state index is 8.95. The van der Waals surface area contributed by atoms with E-state index < -0.39 is 0 Å². The van der Waals surface area contributed by atoms with Crippen LogP contribution in [-0.4, -0.2) is 30.1 Å². The van der Waals surface area contributed by atoms with Crippen LogP contribution in [0, 0.1) is 6.92 Å². The van der Waals surface area contributed by atoms with Crippen molar-refractivity contribution in [1.82, 2.24) is 15.3 Å². The standard InChI is InChI=1S/C28H27N3O.C2H4O2.C2H6/c1-3-29-15-14-22-7-5-9-26(17-22)24-10-12-25(13-11-24)28-30-18-27(19-31-28)32-20-23-8-4-6-21(2)16-23;1-4-2-3;1-2/h4-19,29H,3,20H2,1-2H3;2H,1H3;1-2H3/b15-14+;;. The first-order chi connectivity index (χ1) is 18.6. The highest BCUT2D eigenvalue weighted by atomic mass is 16.5. The second-order valence-corrected chi connectivity index (χ2v) is 7.95. The summed E-state index contributed by atoms with van der Waals surface area (Å²) in [5.74, 6) is 1.34. The Labute approximate surface area is 226 Å². The van der Waals surface area contributed by atoms with E-state index in [2.05, 4.69) is 107 Å². The molecule has 6 heteroatoms. The molecule has 1 aromatic heterocycles. The smallest absolute Gasteiger partial charge is 0.292 e. The Balaban J connectivity index is 0.000000773. The van der Waals surface area contributed by atoms with Crippen LogP contribution in [0.4, 0.5) is 0 Å². The summed E-state index contributed by atoms with van der Waals surface area (Å²) in [6, 6.07) is 25.1. The predicted molar refractivity (Wildman–Crippen MR) is 156 cm³/mol. The molecular weight excluding hydrogens is 474 g/mol. The minimum atomic E-state index is 0.375. The average Bonchev–Trinajstić information content (AvgIpc) is 2.98. The van der Waals surface area contributed by atoms with Crippen molar-refractivity contribution in [3.8, 4) is 28.3 Å². The zero-order chi connectivity index (χ0) is 27.6. The van der Waals surface area contributed by atoms with E-state index in [1.54, 1.807) is 12.4 Å². The molecule has 0 spiro atoms. The van der Waals surface area contributed by atoms with Crippen molar-refractivity contribution in [3.05, 3.63) is 108 Å². The maximum Gasteiger partial charge on any atom is 0.292 e. The molecular formula is C32H37N3O3. The molecule has 38 heavy (non-hydrogen) atoms. The number of carbonyl (C=O) groups is 1. The Morgan fingerprint density at radius 1 is 0.868 bits per heavy atom. The molecule has 1 N–H and O–H groups in total. The zero-order valence-electron chi connectivity index (χ0n) is 22.8. The summed E-state index contributed by atoms with van der Waals surface area (Å²) in [5, 5.41) is 3.20. The van der Waals surface area contributed by atoms with E-state index in [0.717, 1.165) is 28.8 Å². The van der Waals surface area contributed by atoms with E-state index in [0.29, 0.717) is 24.7 Å². The third kappa shape index (κ3) is 9.90. The Morgan fingerprint density at radius 3 is 2.16 bits per heavy atom. The first-order valence-electron chi connectivity index (χ1n) is 12.7. The number of hydrogen-bond acceptors (Lipinski definition) is 6. The van der Waals surface area contributed by atoms with Crippen LogP contribution in [0.5, 0.6) is 5.75 Å². The lowest BCUT2D eigenvalue weighted by atomic mass is 10.0. The summed E-state index contributed by atoms with van der Waals surface area (Å²) in [7, 11) is 1.31. The van der Waals surface area contributed by atoms with Gasteiger partial charge in [0.25, 0.3) is 6.47 Å². The van der Waals surface area contributed by atoms with Crippen LogP contribution in [-0.2, 0) is 16.1 Å². The van der Waals surface area contributed by atoms with Crippen molar-refractivity contribution >= 4 is 12.5 Å². The van der Waals surface area contributed by atoms with Gasteiger partial charge in [0.05, 0.1) is 19.5 Å². The number of benzene rings is 3. The van der Waals surface area contributed by atoms with E-state index in [1.165, 1.54) is 18.2 Å². The van der Waals surface area contributed by atoms with Crippen LogP contribution in [0.15, 0.2) is 91.4 Å². The number of methoxy groups -OCH3 is 1. The van der Waals surface area contributed by atoms with E-state index in [1.807, 2.05) is 26.1 Å². The monoisotopic (exact) mass is 511 g/mol. The van der Waals surface area contributed by atoms with Gasteiger partial charge in [0.2, 0.25) is 0 Å². The van der Waals surface area contributed by atoms with Gasteiger partial charge in [-0.05, 0) is 54.4 Å². The second-order valence-electron chi connectivity index (χ2n) is 7.95. The summed E-state index contributed by atoms with van der Waals surface area (Å²) >= 11 is 0. The molecule has 0 fully saturated rings. The quantitative estimate of drug-likeness (QED) is 0.242. The molecule has 4 rings (SSSR count). The normalized spacial score (nSPS) is 9.92. The van der Waals surface area contributed by atoms with Gasteiger partial charge in [0.1, 0.15) is 6.61 Å². The molecule has 0 bridgehead atoms. The van der Waals surface area contributed by atoms with Crippen LogP contribution < -0.4 is 10.1 Å². The molecule has 0 saturated heterocycles. The van der Waals surface area contributed by atoms with Gasteiger partial charge in [-0.25, -0.2) is 9.97 Å². The van der Waals surface area contributed by atoms with Crippen molar-refractivity contribution in [2.24, 2.45) is 0 Å². The van der Waals surface area contributed by atoms with Crippen molar-refractivity contribution in [2.75, 3.05) is 13.7 Å². The fourth-order valence-electron chi connectivity index (χ4n) is 3.42. The molecule has 0 atom stereocenters. The van der Waals surface area contributed by atoms with Gasteiger partial charge in [-0.2, -0.15) is 0 Å². The molecule has 3 aromatic carbocycles. The summed E-state index contributed by atoms with van der Waals surface area (Å²) in [4.78, 5) is 17.9. The number of carbonyl (C=O) groups excluding carboxylic acids is 1. The number of aromatic nitrogens is 2. The molecule has 0 unspecified atom stereocenters. The Bertz CT molecular complexity index is 1250. The van der Waals surface area contributed by atoms with E-state index in [-0.39, 0.29) is 0 Å². The molecule has 0 amide bonds. The highest BCUT2D eigenvalue weighted by Crippen LogP contribution is 2.25. The van der Waals surface area contributed by atoms with Gasteiger partial charge in [-0.1, -0.05) is 86.1 Å². The summed E-state index contributed by atoms with van der Waals surface area (Å²) in [5.41, 5.74) is 6.82. The summed E-state index contributed by atoms with van der Waals surface area (Å²) < 4.78 is 9.69. The van der Waals surface area contributed by atoms with Crippen LogP contribution >= 0.6 is 0 Å². The zero-order valence-corrected chi connectivity index (χ0v) is 22.8. The molecule has 6 nitrogen and oxygen atoms in total. The predicted octanol–water partition coefficient (Wildman–Crippen LogP) is 7.09. The fourth-order valence-corrected chi connectivity index (χ4v) is 3.42. The Kier molecular flexibility index (Phi) is 13.4. The lowest BCUT2D eigenvalue weighted by Gasteiger charge is -2.08. The number of aryl methyl sites for hydroxylation is 1. The molecule has 0 aliphatic carbocycles. The van der Waals surface area contributed by atoms with Gasteiger partial charge in [0, 0.05) is 12.1 Å².